The second kappa shape index (κ2) is 4.78. The first-order chi connectivity index (χ1) is 9.56. The minimum absolute atomic E-state index is 0.120. The number of aromatic nitrogens is 1. The highest BCUT2D eigenvalue weighted by molar-refractivity contribution is 5.97. The molecule has 0 radical (unpaired) electrons. The summed E-state index contributed by atoms with van der Waals surface area (Å²) in [6, 6.07) is 7.78. The molecule has 20 heavy (non-hydrogen) atoms. The Hall–Kier alpha value is -2.10. The fraction of sp³-hybridized carbons (Fsp3) is 0.375. The van der Waals surface area contributed by atoms with Gasteiger partial charge in [0.15, 0.2) is 0 Å². The molecule has 1 fully saturated rings. The summed E-state index contributed by atoms with van der Waals surface area (Å²) in [5.41, 5.74) is 1.35. The van der Waals surface area contributed by atoms with Crippen LogP contribution in [0.4, 0.5) is 0 Å². The number of rotatable bonds is 2. The topological polar surface area (TPSA) is 51.1 Å². The van der Waals surface area contributed by atoms with Crippen LogP contribution in [0, 0.1) is 6.92 Å². The van der Waals surface area contributed by atoms with Gasteiger partial charge in [-0.25, -0.2) is 0 Å². The maximum atomic E-state index is 12.4. The zero-order valence-electron chi connectivity index (χ0n) is 11.8. The van der Waals surface area contributed by atoms with Crippen LogP contribution in [0.15, 0.2) is 29.1 Å². The standard InChI is InChI=1S/C16H18N2O2/c1-10-6-7-11-9-14(15(19)17-12-4-3-5-12)18(2)16(20)13(11)8-10/h6-9,12H,3-5H2,1-2H3,(H,17,19). The Bertz CT molecular complexity index is 742. The zero-order valence-corrected chi connectivity index (χ0v) is 11.8. The molecule has 1 amide bonds. The van der Waals surface area contributed by atoms with E-state index in [0.29, 0.717) is 11.1 Å². The number of hydrogen-bond acceptors (Lipinski definition) is 2. The molecule has 0 saturated heterocycles. The van der Waals surface area contributed by atoms with Gasteiger partial charge in [0.1, 0.15) is 5.69 Å². The van der Waals surface area contributed by atoms with Crippen LogP contribution in [-0.2, 0) is 7.05 Å². The average Bonchev–Trinajstić information content (AvgIpc) is 2.38. The maximum Gasteiger partial charge on any atom is 0.268 e. The highest BCUT2D eigenvalue weighted by atomic mass is 16.2. The van der Waals surface area contributed by atoms with Gasteiger partial charge in [0.25, 0.3) is 11.5 Å². The largest absolute Gasteiger partial charge is 0.348 e. The zero-order chi connectivity index (χ0) is 14.3. The van der Waals surface area contributed by atoms with Crippen LogP contribution in [0.2, 0.25) is 0 Å². The van der Waals surface area contributed by atoms with Crippen LogP contribution >= 0.6 is 0 Å². The Morgan fingerprint density at radius 3 is 2.70 bits per heavy atom. The van der Waals surface area contributed by atoms with Crippen molar-refractivity contribution in [1.82, 2.24) is 9.88 Å². The second-order valence-corrected chi connectivity index (χ2v) is 5.59. The number of amides is 1. The molecular weight excluding hydrogens is 252 g/mol. The monoisotopic (exact) mass is 270 g/mol. The van der Waals surface area contributed by atoms with Gasteiger partial charge < -0.3 is 9.88 Å². The predicted octanol–water partition coefficient (Wildman–Crippen LogP) is 2.13. The van der Waals surface area contributed by atoms with Gasteiger partial charge in [-0.3, -0.25) is 9.59 Å². The van der Waals surface area contributed by atoms with Crippen LogP contribution in [0.25, 0.3) is 10.8 Å². The van der Waals surface area contributed by atoms with Crippen LogP contribution in [0.3, 0.4) is 0 Å². The van der Waals surface area contributed by atoms with Crippen molar-refractivity contribution in [3.8, 4) is 0 Å². The van der Waals surface area contributed by atoms with Crippen LogP contribution < -0.4 is 10.9 Å². The fourth-order valence-electron chi connectivity index (χ4n) is 2.55. The number of pyridine rings is 1. The van der Waals surface area contributed by atoms with E-state index in [1.807, 2.05) is 25.1 Å². The van der Waals surface area contributed by atoms with Gasteiger partial charge in [-0.1, -0.05) is 17.7 Å². The molecule has 1 saturated carbocycles. The van der Waals surface area contributed by atoms with Crippen molar-refractivity contribution in [2.45, 2.75) is 32.2 Å². The van der Waals surface area contributed by atoms with E-state index in [1.54, 1.807) is 13.1 Å². The second-order valence-electron chi connectivity index (χ2n) is 5.59. The van der Waals surface area contributed by atoms with Gasteiger partial charge >= 0.3 is 0 Å². The van der Waals surface area contributed by atoms with Crippen LogP contribution in [0.5, 0.6) is 0 Å². The number of nitrogens with zero attached hydrogens (tertiary/aromatic N) is 1. The Labute approximate surface area is 117 Å². The number of nitrogens with one attached hydrogen (secondary N) is 1. The van der Waals surface area contributed by atoms with Crippen LogP contribution in [0.1, 0.15) is 35.3 Å². The molecule has 3 rings (SSSR count). The summed E-state index contributed by atoms with van der Waals surface area (Å²) in [7, 11) is 1.65. The van der Waals surface area contributed by atoms with Gasteiger partial charge in [0.2, 0.25) is 0 Å². The number of benzene rings is 1. The molecular formula is C16H18N2O2. The van der Waals surface area contributed by atoms with Crippen molar-refractivity contribution in [3.63, 3.8) is 0 Å². The summed E-state index contributed by atoms with van der Waals surface area (Å²) in [6.45, 7) is 1.95. The molecule has 4 nitrogen and oxygen atoms in total. The van der Waals surface area contributed by atoms with Crippen LogP contribution in [-0.4, -0.2) is 16.5 Å². The molecule has 4 heteroatoms. The minimum Gasteiger partial charge on any atom is -0.348 e. The lowest BCUT2D eigenvalue weighted by molar-refractivity contribution is 0.0907. The molecule has 0 bridgehead atoms. The normalized spacial score (nSPS) is 15.1. The number of carbonyl (C=O) groups excluding carboxylic acids is 1. The third-order valence-electron chi connectivity index (χ3n) is 4.07. The van der Waals surface area contributed by atoms with E-state index in [0.717, 1.165) is 23.8 Å². The van der Waals surface area contributed by atoms with Crippen molar-refractivity contribution in [2.75, 3.05) is 0 Å². The van der Waals surface area contributed by atoms with E-state index in [4.69, 9.17) is 0 Å². The SMILES string of the molecule is Cc1ccc2cc(C(=O)NC3CCC3)n(C)c(=O)c2c1. The number of fused-ring (bicyclic) bond motifs is 1. The molecule has 1 aromatic carbocycles. The molecule has 1 aromatic heterocycles. The van der Waals surface area contributed by atoms with Gasteiger partial charge in [0, 0.05) is 18.5 Å². The molecule has 1 N–H and O–H groups in total. The first-order valence-corrected chi connectivity index (χ1v) is 6.97. The molecule has 2 aromatic rings. The van der Waals surface area contributed by atoms with Crippen molar-refractivity contribution in [2.24, 2.45) is 7.05 Å². The number of carbonyl (C=O) groups is 1. The quantitative estimate of drug-likeness (QED) is 0.909. The average molecular weight is 270 g/mol. The molecule has 104 valence electrons. The lowest BCUT2D eigenvalue weighted by atomic mass is 9.93. The lowest BCUT2D eigenvalue weighted by Gasteiger charge is -2.26. The van der Waals surface area contributed by atoms with E-state index >= 15 is 0 Å². The molecule has 1 aliphatic rings. The Morgan fingerprint density at radius 2 is 2.05 bits per heavy atom. The van der Waals surface area contributed by atoms with E-state index in [1.165, 1.54) is 11.0 Å². The number of aryl methyl sites for hydroxylation is 1. The minimum atomic E-state index is -0.156. The lowest BCUT2D eigenvalue weighted by Crippen LogP contribution is -2.41. The summed E-state index contributed by atoms with van der Waals surface area (Å²) >= 11 is 0. The summed E-state index contributed by atoms with van der Waals surface area (Å²) in [4.78, 5) is 24.6. The van der Waals surface area contributed by atoms with Gasteiger partial charge in [-0.05, 0) is 43.7 Å². The van der Waals surface area contributed by atoms with Gasteiger partial charge in [-0.15, -0.1) is 0 Å². The smallest absolute Gasteiger partial charge is 0.268 e. The highest BCUT2D eigenvalue weighted by Crippen LogP contribution is 2.19. The fourth-order valence-corrected chi connectivity index (χ4v) is 2.55. The Balaban J connectivity index is 2.07. The Kier molecular flexibility index (Phi) is 3.08. The molecule has 1 heterocycles. The van der Waals surface area contributed by atoms with Crippen molar-refractivity contribution >= 4 is 16.7 Å². The van der Waals surface area contributed by atoms with E-state index in [2.05, 4.69) is 5.32 Å². The first kappa shape index (κ1) is 12.9. The van der Waals surface area contributed by atoms with Crippen molar-refractivity contribution in [3.05, 3.63) is 45.9 Å². The first-order valence-electron chi connectivity index (χ1n) is 6.97. The molecule has 1 aliphatic carbocycles. The van der Waals surface area contributed by atoms with Gasteiger partial charge in [0.05, 0.1) is 0 Å². The summed E-state index contributed by atoms with van der Waals surface area (Å²) in [5.74, 6) is -0.156. The highest BCUT2D eigenvalue weighted by Gasteiger charge is 2.21. The molecule has 0 unspecified atom stereocenters. The van der Waals surface area contributed by atoms with E-state index in [-0.39, 0.29) is 17.5 Å². The van der Waals surface area contributed by atoms with Crippen molar-refractivity contribution < 1.29 is 4.79 Å². The Morgan fingerprint density at radius 1 is 1.30 bits per heavy atom. The third-order valence-corrected chi connectivity index (χ3v) is 4.07. The maximum absolute atomic E-state index is 12.4. The summed E-state index contributed by atoms with van der Waals surface area (Å²) < 4.78 is 1.44. The molecule has 0 atom stereocenters. The van der Waals surface area contributed by atoms with E-state index in [9.17, 15) is 9.59 Å². The summed E-state index contributed by atoms with van der Waals surface area (Å²) in [6.07, 6.45) is 3.24. The van der Waals surface area contributed by atoms with Crippen molar-refractivity contribution in [1.29, 1.82) is 0 Å². The molecule has 0 spiro atoms. The third kappa shape index (κ3) is 2.11. The predicted molar refractivity (Wildman–Crippen MR) is 79.0 cm³/mol. The molecule has 0 aliphatic heterocycles. The van der Waals surface area contributed by atoms with Gasteiger partial charge in [-0.2, -0.15) is 0 Å². The van der Waals surface area contributed by atoms with E-state index < -0.39 is 0 Å². The number of hydrogen-bond donors (Lipinski definition) is 1. The summed E-state index contributed by atoms with van der Waals surface area (Å²) in [5, 5.41) is 4.46.